The Kier molecular flexibility index (Phi) is 2.91. The molecular formula is C14H11BrN2O2. The quantitative estimate of drug-likeness (QED) is 0.729. The van der Waals surface area contributed by atoms with Crippen LogP contribution in [0.1, 0.15) is 0 Å². The van der Waals surface area contributed by atoms with Crippen molar-refractivity contribution in [2.24, 2.45) is 0 Å². The number of para-hydroxylation sites is 1. The Morgan fingerprint density at radius 3 is 2.84 bits per heavy atom. The molecule has 96 valence electrons. The zero-order chi connectivity index (χ0) is 13.4. The molecule has 0 spiro atoms. The largest absolute Gasteiger partial charge is 0.496 e. The van der Waals surface area contributed by atoms with Crippen LogP contribution in [0.4, 0.5) is 5.69 Å². The molecule has 1 aromatic heterocycles. The van der Waals surface area contributed by atoms with Crippen LogP contribution in [-0.2, 0) is 0 Å². The van der Waals surface area contributed by atoms with Gasteiger partial charge in [0.05, 0.1) is 18.4 Å². The van der Waals surface area contributed by atoms with Gasteiger partial charge in [-0.3, -0.25) is 0 Å². The first-order chi connectivity index (χ1) is 9.19. The van der Waals surface area contributed by atoms with Crippen molar-refractivity contribution in [1.29, 1.82) is 0 Å². The molecule has 0 bridgehead atoms. The summed E-state index contributed by atoms with van der Waals surface area (Å²) in [4.78, 5) is 4.46. The van der Waals surface area contributed by atoms with E-state index in [1.807, 2.05) is 30.3 Å². The number of anilines is 1. The second kappa shape index (κ2) is 4.59. The van der Waals surface area contributed by atoms with E-state index in [1.165, 1.54) is 0 Å². The Morgan fingerprint density at radius 1 is 1.26 bits per heavy atom. The van der Waals surface area contributed by atoms with Crippen molar-refractivity contribution in [3.8, 4) is 17.2 Å². The second-order valence-corrected chi connectivity index (χ2v) is 4.98. The number of oxazole rings is 1. The number of methoxy groups -OCH3 is 1. The molecule has 0 saturated carbocycles. The lowest BCUT2D eigenvalue weighted by atomic mass is 10.2. The summed E-state index contributed by atoms with van der Waals surface area (Å²) in [6, 6.07) is 11.2. The first kappa shape index (κ1) is 12.0. The minimum Gasteiger partial charge on any atom is -0.496 e. The van der Waals surface area contributed by atoms with Crippen molar-refractivity contribution in [1.82, 2.24) is 4.98 Å². The fraction of sp³-hybridized carbons (Fsp3) is 0.0714. The molecule has 0 unspecified atom stereocenters. The predicted molar refractivity (Wildman–Crippen MR) is 78.1 cm³/mol. The molecule has 0 aliphatic carbocycles. The van der Waals surface area contributed by atoms with Gasteiger partial charge < -0.3 is 14.9 Å². The number of aromatic nitrogens is 1. The molecule has 2 aromatic carbocycles. The van der Waals surface area contributed by atoms with Crippen molar-refractivity contribution in [2.75, 3.05) is 12.8 Å². The second-order valence-electron chi connectivity index (χ2n) is 4.06. The molecule has 19 heavy (non-hydrogen) atoms. The Bertz CT molecular complexity index is 752. The average molecular weight is 319 g/mol. The van der Waals surface area contributed by atoms with E-state index in [9.17, 15) is 0 Å². The van der Waals surface area contributed by atoms with Gasteiger partial charge in [0.25, 0.3) is 0 Å². The molecule has 0 amide bonds. The van der Waals surface area contributed by atoms with E-state index < -0.39 is 0 Å². The van der Waals surface area contributed by atoms with E-state index in [1.54, 1.807) is 13.2 Å². The summed E-state index contributed by atoms with van der Waals surface area (Å²) >= 11 is 3.39. The van der Waals surface area contributed by atoms with Crippen LogP contribution in [0, 0.1) is 0 Å². The number of hydrogen-bond acceptors (Lipinski definition) is 4. The van der Waals surface area contributed by atoms with Crippen LogP contribution in [0.5, 0.6) is 5.75 Å². The van der Waals surface area contributed by atoms with Gasteiger partial charge in [0, 0.05) is 4.47 Å². The Labute approximate surface area is 118 Å². The minimum atomic E-state index is 0.497. The maximum Gasteiger partial charge on any atom is 0.231 e. The highest BCUT2D eigenvalue weighted by molar-refractivity contribution is 9.10. The highest BCUT2D eigenvalue weighted by Crippen LogP contribution is 2.34. The van der Waals surface area contributed by atoms with Crippen LogP contribution >= 0.6 is 15.9 Å². The third-order valence-corrected chi connectivity index (χ3v) is 3.28. The van der Waals surface area contributed by atoms with Crippen molar-refractivity contribution >= 4 is 32.7 Å². The SMILES string of the molecule is COc1ccccc1-c1nc2cc(Br)cc(N)c2o1. The third kappa shape index (κ3) is 2.06. The van der Waals surface area contributed by atoms with Gasteiger partial charge in [-0.05, 0) is 24.3 Å². The first-order valence-electron chi connectivity index (χ1n) is 5.68. The van der Waals surface area contributed by atoms with Gasteiger partial charge in [0.15, 0.2) is 5.58 Å². The first-order valence-corrected chi connectivity index (χ1v) is 6.47. The number of nitrogens with zero attached hydrogens (tertiary/aromatic N) is 1. The maximum absolute atomic E-state index is 5.92. The number of nitrogens with two attached hydrogens (primary N) is 1. The number of fused-ring (bicyclic) bond motifs is 1. The van der Waals surface area contributed by atoms with Crippen LogP contribution in [0.15, 0.2) is 45.3 Å². The van der Waals surface area contributed by atoms with Crippen molar-refractivity contribution in [3.05, 3.63) is 40.9 Å². The van der Waals surface area contributed by atoms with E-state index >= 15 is 0 Å². The van der Waals surface area contributed by atoms with Crippen LogP contribution in [0.25, 0.3) is 22.6 Å². The van der Waals surface area contributed by atoms with E-state index in [4.69, 9.17) is 14.9 Å². The Hall–Kier alpha value is -2.01. The molecule has 3 aromatic rings. The number of hydrogen-bond donors (Lipinski definition) is 1. The molecular weight excluding hydrogens is 308 g/mol. The molecule has 0 radical (unpaired) electrons. The summed E-state index contributed by atoms with van der Waals surface area (Å²) in [5.74, 6) is 1.21. The van der Waals surface area contributed by atoms with Gasteiger partial charge in [-0.1, -0.05) is 28.1 Å². The van der Waals surface area contributed by atoms with Crippen LogP contribution in [0.2, 0.25) is 0 Å². The van der Waals surface area contributed by atoms with Gasteiger partial charge in [-0.2, -0.15) is 0 Å². The van der Waals surface area contributed by atoms with Crippen molar-refractivity contribution in [3.63, 3.8) is 0 Å². The standard InChI is InChI=1S/C14H11BrN2O2/c1-18-12-5-3-2-4-9(12)14-17-11-7-8(15)6-10(16)13(11)19-14/h2-7H,16H2,1H3. The summed E-state index contributed by atoms with van der Waals surface area (Å²) in [5, 5.41) is 0. The number of benzene rings is 2. The van der Waals surface area contributed by atoms with Crippen LogP contribution < -0.4 is 10.5 Å². The monoisotopic (exact) mass is 318 g/mol. The molecule has 0 aliphatic heterocycles. The minimum absolute atomic E-state index is 0.497. The van der Waals surface area contributed by atoms with E-state index in [0.717, 1.165) is 10.0 Å². The van der Waals surface area contributed by atoms with Gasteiger partial charge in [0.2, 0.25) is 5.89 Å². The lowest BCUT2D eigenvalue weighted by molar-refractivity contribution is 0.414. The zero-order valence-electron chi connectivity index (χ0n) is 10.2. The van der Waals surface area contributed by atoms with Crippen LogP contribution in [0.3, 0.4) is 0 Å². The summed E-state index contributed by atoms with van der Waals surface area (Å²) in [6.07, 6.45) is 0. The van der Waals surface area contributed by atoms with Gasteiger partial charge in [-0.15, -0.1) is 0 Å². The topological polar surface area (TPSA) is 61.3 Å². The molecule has 0 fully saturated rings. The average Bonchev–Trinajstić information content (AvgIpc) is 2.82. The van der Waals surface area contributed by atoms with E-state index in [-0.39, 0.29) is 0 Å². The van der Waals surface area contributed by atoms with Gasteiger partial charge >= 0.3 is 0 Å². The fourth-order valence-electron chi connectivity index (χ4n) is 1.96. The van der Waals surface area contributed by atoms with Gasteiger partial charge in [0.1, 0.15) is 11.3 Å². The van der Waals surface area contributed by atoms with E-state index in [2.05, 4.69) is 20.9 Å². The molecule has 0 aliphatic rings. The molecule has 0 saturated heterocycles. The third-order valence-electron chi connectivity index (χ3n) is 2.82. The Morgan fingerprint density at radius 2 is 2.05 bits per heavy atom. The number of halogens is 1. The van der Waals surface area contributed by atoms with Crippen molar-refractivity contribution < 1.29 is 9.15 Å². The number of rotatable bonds is 2. The molecule has 3 rings (SSSR count). The summed E-state index contributed by atoms with van der Waals surface area (Å²) in [6.45, 7) is 0. The van der Waals surface area contributed by atoms with Crippen LogP contribution in [-0.4, -0.2) is 12.1 Å². The summed E-state index contributed by atoms with van der Waals surface area (Å²) in [7, 11) is 1.62. The van der Waals surface area contributed by atoms with E-state index in [0.29, 0.717) is 28.4 Å². The highest BCUT2D eigenvalue weighted by Gasteiger charge is 2.14. The molecule has 0 atom stereocenters. The molecule has 5 heteroatoms. The van der Waals surface area contributed by atoms with Crippen molar-refractivity contribution in [2.45, 2.75) is 0 Å². The summed E-state index contributed by atoms with van der Waals surface area (Å²) < 4.78 is 11.9. The normalized spacial score (nSPS) is 10.8. The highest BCUT2D eigenvalue weighted by atomic mass is 79.9. The molecule has 2 N–H and O–H groups in total. The molecule has 4 nitrogen and oxygen atoms in total. The smallest absolute Gasteiger partial charge is 0.231 e. The lowest BCUT2D eigenvalue weighted by Crippen LogP contribution is -1.86. The number of nitrogen functional groups attached to an aromatic ring is 1. The fourth-order valence-corrected chi connectivity index (χ4v) is 2.42. The maximum atomic E-state index is 5.92. The predicted octanol–water partition coefficient (Wildman–Crippen LogP) is 3.85. The molecule has 1 heterocycles. The Balaban J connectivity index is 2.23. The lowest BCUT2D eigenvalue weighted by Gasteiger charge is -2.03. The summed E-state index contributed by atoms with van der Waals surface area (Å²) in [5.41, 5.74) is 8.58. The van der Waals surface area contributed by atoms with Gasteiger partial charge in [-0.25, -0.2) is 4.98 Å². The zero-order valence-corrected chi connectivity index (χ0v) is 11.8. The number of ether oxygens (including phenoxy) is 1.